The highest BCUT2D eigenvalue weighted by atomic mass is 16.6. The SMILES string of the molecule is COC(=O)[C@H]1C[C@H](O)[C@@H](O)[C@@H](n2cc(CC#N)c3c(OC)cccc32)O1. The molecule has 0 bridgehead atoms. The van der Waals surface area contributed by atoms with Gasteiger partial charge in [0.2, 0.25) is 0 Å². The first kappa shape index (κ1) is 18.2. The summed E-state index contributed by atoms with van der Waals surface area (Å²) in [5.74, 6) is -0.0332. The number of hydrogen-bond acceptors (Lipinski definition) is 7. The Morgan fingerprint density at radius 1 is 1.42 bits per heavy atom. The molecule has 1 fully saturated rings. The Morgan fingerprint density at radius 3 is 2.85 bits per heavy atom. The van der Waals surface area contributed by atoms with Crippen molar-refractivity contribution in [2.45, 2.75) is 37.4 Å². The number of aromatic nitrogens is 1. The monoisotopic (exact) mass is 360 g/mol. The molecule has 0 radical (unpaired) electrons. The highest BCUT2D eigenvalue weighted by molar-refractivity contribution is 5.90. The minimum absolute atomic E-state index is 0.0576. The molecule has 1 aromatic carbocycles. The number of aliphatic hydroxyl groups excluding tert-OH is 2. The molecule has 2 heterocycles. The number of aliphatic hydroxyl groups is 2. The van der Waals surface area contributed by atoms with Gasteiger partial charge in [-0.15, -0.1) is 0 Å². The van der Waals surface area contributed by atoms with Crippen LogP contribution in [-0.2, 0) is 20.7 Å². The number of methoxy groups -OCH3 is 2. The lowest BCUT2D eigenvalue weighted by atomic mass is 10.0. The summed E-state index contributed by atoms with van der Waals surface area (Å²) < 4.78 is 17.4. The molecule has 3 rings (SSSR count). The van der Waals surface area contributed by atoms with E-state index in [1.165, 1.54) is 14.2 Å². The van der Waals surface area contributed by atoms with Crippen LogP contribution in [0.2, 0.25) is 0 Å². The van der Waals surface area contributed by atoms with E-state index < -0.39 is 30.5 Å². The molecule has 0 aliphatic carbocycles. The van der Waals surface area contributed by atoms with E-state index in [0.29, 0.717) is 16.8 Å². The van der Waals surface area contributed by atoms with E-state index in [9.17, 15) is 15.0 Å². The van der Waals surface area contributed by atoms with Crippen LogP contribution in [0.4, 0.5) is 0 Å². The van der Waals surface area contributed by atoms with Gasteiger partial charge >= 0.3 is 5.97 Å². The minimum Gasteiger partial charge on any atom is -0.496 e. The first-order chi connectivity index (χ1) is 12.5. The quantitative estimate of drug-likeness (QED) is 0.779. The predicted molar refractivity (Wildman–Crippen MR) is 90.4 cm³/mol. The molecule has 8 nitrogen and oxygen atoms in total. The van der Waals surface area contributed by atoms with E-state index in [4.69, 9.17) is 19.5 Å². The fourth-order valence-electron chi connectivity index (χ4n) is 3.33. The lowest BCUT2D eigenvalue weighted by Gasteiger charge is -2.36. The summed E-state index contributed by atoms with van der Waals surface area (Å²) >= 11 is 0. The van der Waals surface area contributed by atoms with Crippen molar-refractivity contribution in [2.75, 3.05) is 14.2 Å². The average Bonchev–Trinajstić information content (AvgIpc) is 3.02. The second-order valence-corrected chi connectivity index (χ2v) is 6.08. The molecule has 1 saturated heterocycles. The molecule has 26 heavy (non-hydrogen) atoms. The molecule has 1 aliphatic heterocycles. The Labute approximate surface area is 150 Å². The second-order valence-electron chi connectivity index (χ2n) is 6.08. The first-order valence-electron chi connectivity index (χ1n) is 8.14. The van der Waals surface area contributed by atoms with E-state index in [2.05, 4.69) is 6.07 Å². The number of fused-ring (bicyclic) bond motifs is 1. The van der Waals surface area contributed by atoms with Crippen molar-refractivity contribution >= 4 is 16.9 Å². The normalized spacial score (nSPS) is 25.7. The average molecular weight is 360 g/mol. The number of nitrogens with zero attached hydrogens (tertiary/aromatic N) is 2. The van der Waals surface area contributed by atoms with Crippen LogP contribution in [0.15, 0.2) is 24.4 Å². The summed E-state index contributed by atoms with van der Waals surface area (Å²) in [6.07, 6.45) is -2.65. The molecular formula is C18H20N2O6. The van der Waals surface area contributed by atoms with Crippen LogP contribution in [0.25, 0.3) is 10.9 Å². The van der Waals surface area contributed by atoms with E-state index in [0.717, 1.165) is 5.39 Å². The maximum atomic E-state index is 11.9. The van der Waals surface area contributed by atoms with Crippen molar-refractivity contribution in [1.82, 2.24) is 4.57 Å². The number of esters is 1. The Balaban J connectivity index is 2.11. The smallest absolute Gasteiger partial charge is 0.335 e. The Kier molecular flexibility index (Phi) is 5.13. The van der Waals surface area contributed by atoms with Crippen LogP contribution < -0.4 is 4.74 Å². The molecule has 4 atom stereocenters. The van der Waals surface area contributed by atoms with Crippen molar-refractivity contribution in [3.8, 4) is 11.8 Å². The number of hydrogen-bond donors (Lipinski definition) is 2. The number of nitriles is 1. The van der Waals surface area contributed by atoms with Gasteiger partial charge in [-0.3, -0.25) is 0 Å². The van der Waals surface area contributed by atoms with Gasteiger partial charge in [0.1, 0.15) is 11.9 Å². The lowest BCUT2D eigenvalue weighted by molar-refractivity contribution is -0.209. The largest absolute Gasteiger partial charge is 0.496 e. The number of carbonyl (C=O) groups is 1. The zero-order chi connectivity index (χ0) is 18.8. The maximum absolute atomic E-state index is 11.9. The fraction of sp³-hybridized carbons (Fsp3) is 0.444. The third kappa shape index (κ3) is 3.01. The van der Waals surface area contributed by atoms with E-state index in [1.54, 1.807) is 29.0 Å². The lowest BCUT2D eigenvalue weighted by Crippen LogP contribution is -2.48. The van der Waals surface area contributed by atoms with Gasteiger partial charge in [0.05, 0.1) is 38.3 Å². The van der Waals surface area contributed by atoms with Gasteiger partial charge in [0, 0.05) is 18.0 Å². The molecule has 0 unspecified atom stereocenters. The zero-order valence-corrected chi connectivity index (χ0v) is 14.5. The van der Waals surface area contributed by atoms with Gasteiger partial charge in [-0.25, -0.2) is 4.79 Å². The summed E-state index contributed by atoms with van der Waals surface area (Å²) in [4.78, 5) is 11.9. The van der Waals surface area contributed by atoms with E-state index in [1.807, 2.05) is 0 Å². The molecule has 1 aromatic heterocycles. The molecule has 0 amide bonds. The van der Waals surface area contributed by atoms with Crippen LogP contribution >= 0.6 is 0 Å². The molecule has 138 valence electrons. The van der Waals surface area contributed by atoms with E-state index in [-0.39, 0.29) is 12.8 Å². The van der Waals surface area contributed by atoms with Crippen molar-refractivity contribution < 1.29 is 29.2 Å². The third-order valence-corrected chi connectivity index (χ3v) is 4.57. The number of ether oxygens (including phenoxy) is 3. The summed E-state index contributed by atoms with van der Waals surface area (Å²) in [5.41, 5.74) is 1.36. The van der Waals surface area contributed by atoms with Crippen molar-refractivity contribution in [3.63, 3.8) is 0 Å². The fourth-order valence-corrected chi connectivity index (χ4v) is 3.33. The highest BCUT2D eigenvalue weighted by Crippen LogP contribution is 2.36. The van der Waals surface area contributed by atoms with Crippen LogP contribution in [0.1, 0.15) is 18.2 Å². The zero-order valence-electron chi connectivity index (χ0n) is 14.5. The van der Waals surface area contributed by atoms with Gasteiger partial charge in [-0.2, -0.15) is 5.26 Å². The summed E-state index contributed by atoms with van der Waals surface area (Å²) in [7, 11) is 2.77. The van der Waals surface area contributed by atoms with Crippen molar-refractivity contribution in [1.29, 1.82) is 5.26 Å². The maximum Gasteiger partial charge on any atom is 0.335 e. The molecule has 0 saturated carbocycles. The number of rotatable bonds is 4. The summed E-state index contributed by atoms with van der Waals surface area (Å²) in [5, 5.41) is 30.5. The standard InChI is InChI=1S/C18H20N2O6/c1-24-13-5-3-4-11-15(13)10(6-7-19)9-20(11)17-16(22)12(21)8-14(26-17)18(23)25-2/h3-5,9,12,14,16-17,21-22H,6,8H2,1-2H3/t12-,14+,16+,17-/m0/s1. The van der Waals surface area contributed by atoms with Gasteiger partial charge in [0.15, 0.2) is 12.3 Å². The van der Waals surface area contributed by atoms with Crippen LogP contribution in [0.5, 0.6) is 5.75 Å². The highest BCUT2D eigenvalue weighted by Gasteiger charge is 2.41. The molecule has 1 aliphatic rings. The topological polar surface area (TPSA) is 114 Å². The number of carbonyl (C=O) groups excluding carboxylic acids is 1. The van der Waals surface area contributed by atoms with Crippen molar-refractivity contribution in [2.24, 2.45) is 0 Å². The number of benzene rings is 1. The van der Waals surface area contributed by atoms with Gasteiger partial charge in [0.25, 0.3) is 0 Å². The van der Waals surface area contributed by atoms with Gasteiger partial charge in [-0.05, 0) is 17.7 Å². The van der Waals surface area contributed by atoms with E-state index >= 15 is 0 Å². The Bertz CT molecular complexity index is 855. The summed E-state index contributed by atoms with van der Waals surface area (Å²) in [6.45, 7) is 0. The Hall–Kier alpha value is -2.60. The Morgan fingerprint density at radius 2 is 2.19 bits per heavy atom. The molecular weight excluding hydrogens is 340 g/mol. The predicted octanol–water partition coefficient (Wildman–Crippen LogP) is 0.898. The van der Waals surface area contributed by atoms with Crippen LogP contribution in [0.3, 0.4) is 0 Å². The second kappa shape index (κ2) is 7.33. The third-order valence-electron chi connectivity index (χ3n) is 4.57. The van der Waals surface area contributed by atoms with Gasteiger partial charge < -0.3 is 29.0 Å². The van der Waals surface area contributed by atoms with Crippen LogP contribution in [-0.4, -0.2) is 53.3 Å². The minimum atomic E-state index is -1.24. The molecule has 2 aromatic rings. The molecule has 0 spiro atoms. The molecule has 8 heteroatoms. The van der Waals surface area contributed by atoms with Crippen molar-refractivity contribution in [3.05, 3.63) is 30.0 Å². The molecule has 2 N–H and O–H groups in total. The van der Waals surface area contributed by atoms with Gasteiger partial charge in [-0.1, -0.05) is 6.07 Å². The van der Waals surface area contributed by atoms with Crippen LogP contribution in [0, 0.1) is 11.3 Å². The first-order valence-corrected chi connectivity index (χ1v) is 8.14. The summed E-state index contributed by atoms with van der Waals surface area (Å²) in [6, 6.07) is 7.45.